The third kappa shape index (κ3) is 2.88. The number of ether oxygens (including phenoxy) is 1. The predicted octanol–water partition coefficient (Wildman–Crippen LogP) is 1.25. The van der Waals surface area contributed by atoms with E-state index >= 15 is 0 Å². The van der Waals surface area contributed by atoms with Crippen molar-refractivity contribution in [1.29, 1.82) is 0 Å². The van der Waals surface area contributed by atoms with Crippen LogP contribution in [-0.2, 0) is 9.53 Å². The second kappa shape index (κ2) is 6.40. The fourth-order valence-corrected chi connectivity index (χ4v) is 2.67. The van der Waals surface area contributed by atoms with E-state index in [0.29, 0.717) is 23.6 Å². The first-order chi connectivity index (χ1) is 11.5. The molecule has 0 spiro atoms. The molecule has 0 saturated carbocycles. The molecule has 2 aromatic rings. The Balaban J connectivity index is 1.91. The Kier molecular flexibility index (Phi) is 4.30. The summed E-state index contributed by atoms with van der Waals surface area (Å²) in [5.41, 5.74) is 1.49. The fraction of sp³-hybridized carbons (Fsp3) is 0.312. The number of carboxylic acids is 1. The van der Waals surface area contributed by atoms with Gasteiger partial charge in [-0.2, -0.15) is 5.10 Å². The highest BCUT2D eigenvalue weighted by atomic mass is 19.1. The molecule has 2 heterocycles. The highest BCUT2D eigenvalue weighted by Crippen LogP contribution is 2.19. The molecule has 126 valence electrons. The van der Waals surface area contributed by atoms with Gasteiger partial charge in [-0.15, -0.1) is 0 Å². The first-order valence-electron chi connectivity index (χ1n) is 7.41. The minimum Gasteiger partial charge on any atom is -0.480 e. The lowest BCUT2D eigenvalue weighted by atomic mass is 10.1. The number of carboxylic acid groups (broad SMARTS) is 1. The summed E-state index contributed by atoms with van der Waals surface area (Å²) in [4.78, 5) is 25.3. The number of rotatable bonds is 3. The molecule has 1 amide bonds. The zero-order valence-corrected chi connectivity index (χ0v) is 13.0. The first-order valence-corrected chi connectivity index (χ1v) is 7.41. The molecule has 0 bridgehead atoms. The van der Waals surface area contributed by atoms with E-state index in [0.717, 1.165) is 0 Å². The number of halogens is 1. The van der Waals surface area contributed by atoms with Crippen LogP contribution in [-0.4, -0.2) is 57.5 Å². The Morgan fingerprint density at radius 3 is 2.71 bits per heavy atom. The largest absolute Gasteiger partial charge is 0.480 e. The molecule has 1 fully saturated rings. The molecule has 0 aliphatic carbocycles. The van der Waals surface area contributed by atoms with Crippen LogP contribution in [0.1, 0.15) is 16.1 Å². The number of aromatic nitrogens is 2. The molecule has 1 atom stereocenters. The standard InChI is InChI=1S/C16H16FN3O4/c1-10-13(8-18-20(10)12-4-2-11(17)3-5-12)15(21)19-6-7-24-9-14(19)16(22)23/h2-5,8,14H,6-7,9H2,1H3,(H,22,23). The minimum atomic E-state index is -1.10. The molecular weight excluding hydrogens is 317 g/mol. The summed E-state index contributed by atoms with van der Waals surface area (Å²) in [6.07, 6.45) is 1.40. The Morgan fingerprint density at radius 2 is 2.04 bits per heavy atom. The number of aliphatic carboxylic acids is 1. The lowest BCUT2D eigenvalue weighted by Crippen LogP contribution is -2.52. The van der Waals surface area contributed by atoms with Gasteiger partial charge in [-0.3, -0.25) is 4.79 Å². The van der Waals surface area contributed by atoms with Crippen LogP contribution in [0.5, 0.6) is 0 Å². The molecule has 8 heteroatoms. The van der Waals surface area contributed by atoms with E-state index in [4.69, 9.17) is 4.74 Å². The summed E-state index contributed by atoms with van der Waals surface area (Å²) in [6.45, 7) is 2.17. The highest BCUT2D eigenvalue weighted by Gasteiger charge is 2.34. The average molecular weight is 333 g/mol. The summed E-state index contributed by atoms with van der Waals surface area (Å²) in [6, 6.07) is 4.71. The quantitative estimate of drug-likeness (QED) is 0.914. The highest BCUT2D eigenvalue weighted by molar-refractivity contribution is 5.97. The van der Waals surface area contributed by atoms with Crippen molar-refractivity contribution < 1.29 is 23.8 Å². The van der Waals surface area contributed by atoms with E-state index in [-0.39, 0.29) is 19.0 Å². The van der Waals surface area contributed by atoms with Crippen molar-refractivity contribution in [3.8, 4) is 5.69 Å². The van der Waals surface area contributed by atoms with Crippen LogP contribution >= 0.6 is 0 Å². The van der Waals surface area contributed by atoms with Crippen LogP contribution in [0.15, 0.2) is 30.5 Å². The summed E-state index contributed by atoms with van der Waals surface area (Å²) in [5, 5.41) is 13.4. The zero-order chi connectivity index (χ0) is 17.3. The zero-order valence-electron chi connectivity index (χ0n) is 13.0. The molecule has 1 aliphatic heterocycles. The number of carbonyl (C=O) groups is 2. The van der Waals surface area contributed by atoms with Gasteiger partial charge in [0.05, 0.1) is 36.4 Å². The lowest BCUT2D eigenvalue weighted by molar-refractivity contribution is -0.147. The van der Waals surface area contributed by atoms with Gasteiger partial charge in [0, 0.05) is 6.54 Å². The van der Waals surface area contributed by atoms with Crippen molar-refractivity contribution >= 4 is 11.9 Å². The summed E-state index contributed by atoms with van der Waals surface area (Å²) in [5.74, 6) is -1.87. The second-order valence-corrected chi connectivity index (χ2v) is 5.46. The van der Waals surface area contributed by atoms with Crippen LogP contribution in [0.3, 0.4) is 0 Å². The molecule has 1 aromatic heterocycles. The van der Waals surface area contributed by atoms with E-state index in [1.54, 1.807) is 19.1 Å². The number of morpholine rings is 1. The molecule has 1 aromatic carbocycles. The monoisotopic (exact) mass is 333 g/mol. The molecule has 1 N–H and O–H groups in total. The molecular formula is C16H16FN3O4. The Hall–Kier alpha value is -2.74. The maximum atomic E-state index is 13.0. The predicted molar refractivity (Wildman–Crippen MR) is 81.5 cm³/mol. The van der Waals surface area contributed by atoms with E-state index < -0.39 is 17.9 Å². The topological polar surface area (TPSA) is 84.7 Å². The minimum absolute atomic E-state index is 0.0355. The van der Waals surface area contributed by atoms with Crippen molar-refractivity contribution in [2.75, 3.05) is 19.8 Å². The van der Waals surface area contributed by atoms with Gasteiger partial charge in [0.2, 0.25) is 0 Å². The number of hydrogen-bond donors (Lipinski definition) is 1. The van der Waals surface area contributed by atoms with Gasteiger partial charge in [0.1, 0.15) is 5.82 Å². The van der Waals surface area contributed by atoms with Crippen molar-refractivity contribution in [2.45, 2.75) is 13.0 Å². The maximum Gasteiger partial charge on any atom is 0.328 e. The SMILES string of the molecule is Cc1c(C(=O)N2CCOCC2C(=O)O)cnn1-c1ccc(F)cc1. The molecule has 0 radical (unpaired) electrons. The van der Waals surface area contributed by atoms with Crippen molar-refractivity contribution in [3.63, 3.8) is 0 Å². The molecule has 1 unspecified atom stereocenters. The van der Waals surface area contributed by atoms with Crippen molar-refractivity contribution in [3.05, 3.63) is 47.5 Å². The molecule has 7 nitrogen and oxygen atoms in total. The number of amides is 1. The smallest absolute Gasteiger partial charge is 0.328 e. The Labute approximate surface area is 137 Å². The normalized spacial score (nSPS) is 17.8. The Morgan fingerprint density at radius 1 is 1.33 bits per heavy atom. The van der Waals surface area contributed by atoms with E-state index in [1.807, 2.05) is 0 Å². The van der Waals surface area contributed by atoms with Crippen molar-refractivity contribution in [2.24, 2.45) is 0 Å². The number of carbonyl (C=O) groups excluding carboxylic acids is 1. The van der Waals surface area contributed by atoms with E-state index in [2.05, 4.69) is 5.10 Å². The summed E-state index contributed by atoms with van der Waals surface area (Å²) in [7, 11) is 0. The van der Waals surface area contributed by atoms with Gasteiger partial charge in [0.25, 0.3) is 5.91 Å². The van der Waals surface area contributed by atoms with Gasteiger partial charge < -0.3 is 14.7 Å². The van der Waals surface area contributed by atoms with Gasteiger partial charge in [0.15, 0.2) is 6.04 Å². The van der Waals surface area contributed by atoms with Crippen LogP contribution < -0.4 is 0 Å². The van der Waals surface area contributed by atoms with E-state index in [1.165, 1.54) is 27.9 Å². The third-order valence-electron chi connectivity index (χ3n) is 3.99. The van der Waals surface area contributed by atoms with Crippen LogP contribution in [0.2, 0.25) is 0 Å². The van der Waals surface area contributed by atoms with Crippen molar-refractivity contribution in [1.82, 2.24) is 14.7 Å². The molecule has 1 saturated heterocycles. The molecule has 24 heavy (non-hydrogen) atoms. The average Bonchev–Trinajstić information content (AvgIpc) is 2.96. The van der Waals surface area contributed by atoms with Gasteiger partial charge in [-0.1, -0.05) is 0 Å². The molecule has 3 rings (SSSR count). The summed E-state index contributed by atoms with van der Waals surface area (Å²) >= 11 is 0. The fourth-order valence-electron chi connectivity index (χ4n) is 2.67. The third-order valence-corrected chi connectivity index (χ3v) is 3.99. The Bertz CT molecular complexity index is 772. The number of hydrogen-bond acceptors (Lipinski definition) is 4. The lowest BCUT2D eigenvalue weighted by Gasteiger charge is -2.32. The number of nitrogens with zero attached hydrogens (tertiary/aromatic N) is 3. The van der Waals surface area contributed by atoms with Crippen LogP contribution in [0.4, 0.5) is 4.39 Å². The van der Waals surface area contributed by atoms with Crippen LogP contribution in [0, 0.1) is 12.7 Å². The first kappa shape index (κ1) is 16.1. The van der Waals surface area contributed by atoms with Gasteiger partial charge in [-0.05, 0) is 31.2 Å². The summed E-state index contributed by atoms with van der Waals surface area (Å²) < 4.78 is 19.7. The van der Waals surface area contributed by atoms with E-state index in [9.17, 15) is 19.1 Å². The van der Waals surface area contributed by atoms with Crippen LogP contribution in [0.25, 0.3) is 5.69 Å². The number of benzene rings is 1. The molecule has 1 aliphatic rings. The van der Waals surface area contributed by atoms with Gasteiger partial charge in [-0.25, -0.2) is 13.9 Å². The second-order valence-electron chi connectivity index (χ2n) is 5.46. The maximum absolute atomic E-state index is 13.0. The van der Waals surface area contributed by atoms with Gasteiger partial charge >= 0.3 is 5.97 Å².